The fraction of sp³-hybridized carbons (Fsp3) is 0.385. The molecule has 1 aromatic carbocycles. The van der Waals surface area contributed by atoms with Gasteiger partial charge in [-0.3, -0.25) is 0 Å². The zero-order valence-electron chi connectivity index (χ0n) is 10.9. The van der Waals surface area contributed by atoms with E-state index >= 15 is 0 Å². The summed E-state index contributed by atoms with van der Waals surface area (Å²) in [5.74, 6) is -1.65. The summed E-state index contributed by atoms with van der Waals surface area (Å²) in [5.41, 5.74) is -0.275. The lowest BCUT2D eigenvalue weighted by Gasteiger charge is -2.16. The van der Waals surface area contributed by atoms with Gasteiger partial charge in [0.25, 0.3) is 0 Å². The van der Waals surface area contributed by atoms with Gasteiger partial charge in [-0.2, -0.15) is 5.26 Å². The first-order chi connectivity index (χ1) is 9.85. The quantitative estimate of drug-likeness (QED) is 0.879. The van der Waals surface area contributed by atoms with Crippen molar-refractivity contribution >= 4 is 27.6 Å². The van der Waals surface area contributed by atoms with Gasteiger partial charge in [-0.05, 0) is 31.0 Å². The summed E-state index contributed by atoms with van der Waals surface area (Å²) in [4.78, 5) is 10.8. The maximum absolute atomic E-state index is 12.3. The van der Waals surface area contributed by atoms with Gasteiger partial charge in [-0.25, -0.2) is 17.9 Å². The molecule has 112 valence electrons. The molecule has 1 fully saturated rings. The van der Waals surface area contributed by atoms with Crippen molar-refractivity contribution in [1.29, 1.82) is 5.26 Å². The molecule has 2 rings (SSSR count). The maximum atomic E-state index is 12.3. The minimum absolute atomic E-state index is 0.0304. The highest BCUT2D eigenvalue weighted by Gasteiger charge is 2.31. The summed E-state index contributed by atoms with van der Waals surface area (Å²) >= 11 is 5.72. The molecule has 1 saturated carbocycles. The highest BCUT2D eigenvalue weighted by molar-refractivity contribution is 7.89. The van der Waals surface area contributed by atoms with Gasteiger partial charge in [0.15, 0.2) is 0 Å². The SMILES string of the molecule is N#CC1CCCC1NS(=O)(=O)c1ccc(Cl)c(C(=O)O)c1. The smallest absolute Gasteiger partial charge is 0.337 e. The Bertz CT molecular complexity index is 711. The molecular weight excluding hydrogens is 316 g/mol. The predicted octanol–water partition coefficient (Wildman–Crippen LogP) is 2.01. The molecule has 0 bridgehead atoms. The van der Waals surface area contributed by atoms with Gasteiger partial charge in [0, 0.05) is 6.04 Å². The lowest BCUT2D eigenvalue weighted by molar-refractivity contribution is 0.0697. The number of rotatable bonds is 4. The zero-order chi connectivity index (χ0) is 15.6. The van der Waals surface area contributed by atoms with E-state index in [1.807, 2.05) is 0 Å². The second-order valence-corrected chi connectivity index (χ2v) is 6.96. The molecule has 0 aliphatic heterocycles. The minimum atomic E-state index is -3.88. The summed E-state index contributed by atoms with van der Waals surface area (Å²) in [5, 5.41) is 17.9. The molecular formula is C13H13ClN2O4S. The highest BCUT2D eigenvalue weighted by atomic mass is 35.5. The number of nitrogens with one attached hydrogen (secondary N) is 1. The van der Waals surface area contributed by atoms with Crippen LogP contribution in [0.25, 0.3) is 0 Å². The van der Waals surface area contributed by atoms with Crippen molar-refractivity contribution in [3.05, 3.63) is 28.8 Å². The second kappa shape index (κ2) is 6.02. The number of halogens is 1. The van der Waals surface area contributed by atoms with Crippen molar-refractivity contribution in [2.24, 2.45) is 5.92 Å². The van der Waals surface area contributed by atoms with E-state index in [1.165, 1.54) is 12.1 Å². The molecule has 6 nitrogen and oxygen atoms in total. The Kier molecular flexibility index (Phi) is 4.52. The maximum Gasteiger partial charge on any atom is 0.337 e. The van der Waals surface area contributed by atoms with Gasteiger partial charge in [-0.15, -0.1) is 0 Å². The molecule has 2 atom stereocenters. The average Bonchev–Trinajstić information content (AvgIpc) is 2.85. The van der Waals surface area contributed by atoms with E-state index in [-0.39, 0.29) is 21.4 Å². The molecule has 0 saturated heterocycles. The summed E-state index contributed by atoms with van der Waals surface area (Å²) in [6.07, 6.45) is 2.04. The van der Waals surface area contributed by atoms with E-state index in [2.05, 4.69) is 10.8 Å². The fourth-order valence-corrected chi connectivity index (χ4v) is 3.89. The van der Waals surface area contributed by atoms with Gasteiger partial charge in [-0.1, -0.05) is 18.0 Å². The molecule has 0 amide bonds. The molecule has 1 aliphatic carbocycles. The van der Waals surface area contributed by atoms with Gasteiger partial charge >= 0.3 is 5.97 Å². The van der Waals surface area contributed by atoms with Crippen molar-refractivity contribution in [2.75, 3.05) is 0 Å². The van der Waals surface area contributed by atoms with Crippen LogP contribution in [0.4, 0.5) is 0 Å². The first kappa shape index (κ1) is 15.8. The Morgan fingerprint density at radius 3 is 2.76 bits per heavy atom. The van der Waals surface area contributed by atoms with E-state index in [0.29, 0.717) is 12.8 Å². The average molecular weight is 329 g/mol. The topological polar surface area (TPSA) is 107 Å². The van der Waals surface area contributed by atoms with Crippen molar-refractivity contribution < 1.29 is 18.3 Å². The standard InChI is InChI=1S/C13H13ClN2O4S/c14-11-5-4-9(6-10(11)13(17)18)21(19,20)16-12-3-1-2-8(12)7-15/h4-6,8,12,16H,1-3H2,(H,17,18). The van der Waals surface area contributed by atoms with E-state index in [1.54, 1.807) is 0 Å². The lowest BCUT2D eigenvalue weighted by Crippen LogP contribution is -2.36. The third-order valence-corrected chi connectivity index (χ3v) is 5.28. The van der Waals surface area contributed by atoms with Crippen LogP contribution < -0.4 is 4.72 Å². The number of nitrogens with zero attached hydrogens (tertiary/aromatic N) is 1. The molecule has 2 unspecified atom stereocenters. The second-order valence-electron chi connectivity index (χ2n) is 4.84. The van der Waals surface area contributed by atoms with Gasteiger partial charge < -0.3 is 5.11 Å². The highest BCUT2D eigenvalue weighted by Crippen LogP contribution is 2.27. The van der Waals surface area contributed by atoms with Crippen molar-refractivity contribution in [2.45, 2.75) is 30.2 Å². The number of carboxylic acids is 1. The van der Waals surface area contributed by atoms with Crippen LogP contribution in [0.5, 0.6) is 0 Å². The summed E-state index contributed by atoms with van der Waals surface area (Å²) in [6, 6.07) is 5.14. The lowest BCUT2D eigenvalue weighted by atomic mass is 10.1. The van der Waals surface area contributed by atoms with Gasteiger partial charge in [0.05, 0.1) is 27.5 Å². The summed E-state index contributed by atoms with van der Waals surface area (Å²) < 4.78 is 27.0. The molecule has 0 heterocycles. The Balaban J connectivity index is 2.30. The number of hydrogen-bond acceptors (Lipinski definition) is 4. The van der Waals surface area contributed by atoms with E-state index in [9.17, 15) is 13.2 Å². The molecule has 0 spiro atoms. The number of benzene rings is 1. The molecule has 1 aromatic rings. The summed E-state index contributed by atoms with van der Waals surface area (Å²) in [6.45, 7) is 0. The van der Waals surface area contributed by atoms with E-state index in [4.69, 9.17) is 22.0 Å². The molecule has 8 heteroatoms. The van der Waals surface area contributed by atoms with Crippen LogP contribution in [0.1, 0.15) is 29.6 Å². The largest absolute Gasteiger partial charge is 0.478 e. The van der Waals surface area contributed by atoms with Gasteiger partial charge in [0.2, 0.25) is 10.0 Å². The van der Waals surface area contributed by atoms with Crippen molar-refractivity contribution in [1.82, 2.24) is 4.72 Å². The third-order valence-electron chi connectivity index (χ3n) is 3.47. The zero-order valence-corrected chi connectivity index (χ0v) is 12.5. The van der Waals surface area contributed by atoms with Crippen LogP contribution in [0.3, 0.4) is 0 Å². The Morgan fingerprint density at radius 2 is 2.14 bits per heavy atom. The monoisotopic (exact) mass is 328 g/mol. The predicted molar refractivity (Wildman–Crippen MR) is 75.5 cm³/mol. The van der Waals surface area contributed by atoms with Crippen LogP contribution in [0, 0.1) is 17.2 Å². The first-order valence-electron chi connectivity index (χ1n) is 6.30. The minimum Gasteiger partial charge on any atom is -0.478 e. The Labute approximate surface area is 127 Å². The normalized spacial score (nSPS) is 21.9. The Morgan fingerprint density at radius 1 is 1.43 bits per heavy atom. The van der Waals surface area contributed by atoms with Crippen LogP contribution >= 0.6 is 11.6 Å². The number of sulfonamides is 1. The molecule has 2 N–H and O–H groups in total. The number of carboxylic acid groups (broad SMARTS) is 1. The molecule has 0 aromatic heterocycles. The van der Waals surface area contributed by atoms with Crippen LogP contribution in [0.15, 0.2) is 23.1 Å². The van der Waals surface area contributed by atoms with Crippen LogP contribution in [0.2, 0.25) is 5.02 Å². The van der Waals surface area contributed by atoms with Crippen LogP contribution in [-0.4, -0.2) is 25.5 Å². The fourth-order valence-electron chi connectivity index (χ4n) is 2.36. The van der Waals surface area contributed by atoms with Crippen molar-refractivity contribution in [3.63, 3.8) is 0 Å². The summed E-state index contributed by atoms with van der Waals surface area (Å²) in [7, 11) is -3.88. The molecule has 21 heavy (non-hydrogen) atoms. The number of nitriles is 1. The van der Waals surface area contributed by atoms with Gasteiger partial charge in [0.1, 0.15) is 0 Å². The first-order valence-corrected chi connectivity index (χ1v) is 8.16. The third kappa shape index (κ3) is 3.35. The van der Waals surface area contributed by atoms with Crippen molar-refractivity contribution in [3.8, 4) is 6.07 Å². The number of aromatic carboxylic acids is 1. The Hall–Kier alpha value is -1.62. The molecule has 1 aliphatic rings. The van der Waals surface area contributed by atoms with E-state index in [0.717, 1.165) is 12.5 Å². The van der Waals surface area contributed by atoms with Crippen LogP contribution in [-0.2, 0) is 10.0 Å². The number of carbonyl (C=O) groups is 1. The van der Waals surface area contributed by atoms with E-state index < -0.39 is 22.0 Å². The molecule has 0 radical (unpaired) electrons. The number of hydrogen-bond donors (Lipinski definition) is 2.